The van der Waals surface area contributed by atoms with Gasteiger partial charge in [0.2, 0.25) is 5.76 Å². The zero-order chi connectivity index (χ0) is 20.1. The van der Waals surface area contributed by atoms with Crippen molar-refractivity contribution in [3.63, 3.8) is 0 Å². The molecule has 2 aromatic rings. The van der Waals surface area contributed by atoms with Gasteiger partial charge in [0.1, 0.15) is 11.6 Å². The van der Waals surface area contributed by atoms with Crippen LogP contribution in [0.4, 0.5) is 4.39 Å². The summed E-state index contributed by atoms with van der Waals surface area (Å²) in [6.45, 7) is 1.54. The number of hydrogen-bond donors (Lipinski definition) is 1. The average Bonchev–Trinajstić information content (AvgIpc) is 3.03. The summed E-state index contributed by atoms with van der Waals surface area (Å²) in [5, 5.41) is 6.70. The fourth-order valence-corrected chi connectivity index (χ4v) is 4.23. The first-order chi connectivity index (χ1) is 13.2. The van der Waals surface area contributed by atoms with Crippen molar-refractivity contribution in [3.8, 4) is 5.75 Å². The van der Waals surface area contributed by atoms with Crippen molar-refractivity contribution >= 4 is 23.4 Å². The number of amides is 2. The van der Waals surface area contributed by atoms with Gasteiger partial charge in [-0.3, -0.25) is 9.59 Å². The number of benzene rings is 1. The highest BCUT2D eigenvalue weighted by molar-refractivity contribution is 6.30. The smallest absolute Gasteiger partial charge is 0.292 e. The number of carbonyl (C=O) groups is 2. The van der Waals surface area contributed by atoms with Crippen molar-refractivity contribution in [2.24, 2.45) is 0 Å². The Morgan fingerprint density at radius 3 is 2.68 bits per heavy atom. The number of ether oxygens (including phenoxy) is 1. The zero-order valence-corrected chi connectivity index (χ0v) is 16.2. The van der Waals surface area contributed by atoms with Gasteiger partial charge in [-0.15, -0.1) is 0 Å². The van der Waals surface area contributed by atoms with E-state index in [4.69, 9.17) is 20.9 Å². The number of carbonyl (C=O) groups excluding carboxylic acids is 2. The molecule has 1 N–H and O–H groups in total. The molecular weight excluding hydrogens is 389 g/mol. The van der Waals surface area contributed by atoms with E-state index in [0.29, 0.717) is 25.0 Å². The van der Waals surface area contributed by atoms with E-state index in [1.807, 2.05) is 0 Å². The van der Waals surface area contributed by atoms with Crippen LogP contribution in [-0.2, 0) is 4.79 Å². The summed E-state index contributed by atoms with van der Waals surface area (Å²) >= 11 is 5.62. The molecule has 3 fully saturated rings. The normalized spacial score (nSPS) is 24.7. The van der Waals surface area contributed by atoms with Crippen LogP contribution in [0.5, 0.6) is 5.75 Å². The van der Waals surface area contributed by atoms with Crippen molar-refractivity contribution < 1.29 is 23.2 Å². The zero-order valence-electron chi connectivity index (χ0n) is 15.4. The quantitative estimate of drug-likeness (QED) is 0.795. The first-order valence-corrected chi connectivity index (χ1v) is 9.20. The van der Waals surface area contributed by atoms with Crippen LogP contribution in [0.3, 0.4) is 0 Å². The SMILES string of the molecule is Cc1cc(C(=O)N(C)C23CC(NC(=O)COc4ccc(Cl)c(F)c4)(C2)C3)on1. The topological polar surface area (TPSA) is 84.7 Å². The molecule has 0 atom stereocenters. The molecule has 3 aliphatic rings. The van der Waals surface area contributed by atoms with Crippen molar-refractivity contribution in [1.29, 1.82) is 0 Å². The van der Waals surface area contributed by atoms with Gasteiger partial charge < -0.3 is 19.5 Å². The minimum atomic E-state index is -0.601. The average molecular weight is 408 g/mol. The van der Waals surface area contributed by atoms with E-state index < -0.39 is 5.82 Å². The molecule has 7 nitrogen and oxygen atoms in total. The third-order valence-electron chi connectivity index (χ3n) is 5.52. The fraction of sp³-hybridized carbons (Fsp3) is 0.421. The first kappa shape index (κ1) is 18.7. The predicted molar refractivity (Wildman–Crippen MR) is 97.7 cm³/mol. The Balaban J connectivity index is 1.27. The van der Waals surface area contributed by atoms with Crippen LogP contribution >= 0.6 is 11.6 Å². The lowest BCUT2D eigenvalue weighted by molar-refractivity contribution is -0.165. The minimum absolute atomic E-state index is 0.00452. The summed E-state index contributed by atoms with van der Waals surface area (Å²) in [7, 11) is 1.74. The lowest BCUT2D eigenvalue weighted by Crippen LogP contribution is -2.83. The molecule has 1 aromatic heterocycles. The summed E-state index contributed by atoms with van der Waals surface area (Å²) in [6, 6.07) is 5.62. The highest BCUT2D eigenvalue weighted by Crippen LogP contribution is 2.63. The number of aryl methyl sites for hydroxylation is 1. The summed E-state index contributed by atoms with van der Waals surface area (Å²) in [5.74, 6) is -0.655. The number of hydrogen-bond acceptors (Lipinski definition) is 5. The van der Waals surface area contributed by atoms with Gasteiger partial charge in [-0.25, -0.2) is 4.39 Å². The fourth-order valence-electron chi connectivity index (χ4n) is 4.12. The van der Waals surface area contributed by atoms with E-state index >= 15 is 0 Å². The Morgan fingerprint density at radius 1 is 1.36 bits per heavy atom. The molecule has 0 aliphatic heterocycles. The highest BCUT2D eigenvalue weighted by Gasteiger charge is 2.71. The molecular formula is C19H19ClFN3O4. The number of nitrogens with one attached hydrogen (secondary N) is 1. The Labute approximate surface area is 165 Å². The molecule has 1 aromatic carbocycles. The Bertz CT molecular complexity index is 941. The molecule has 0 saturated heterocycles. The second-order valence-corrected chi connectivity index (χ2v) is 8.05. The van der Waals surface area contributed by atoms with Crippen molar-refractivity contribution in [1.82, 2.24) is 15.4 Å². The van der Waals surface area contributed by atoms with Gasteiger partial charge in [0.05, 0.1) is 10.7 Å². The van der Waals surface area contributed by atoms with Crippen LogP contribution in [0.2, 0.25) is 5.02 Å². The van der Waals surface area contributed by atoms with Gasteiger partial charge in [0, 0.05) is 30.3 Å². The molecule has 2 bridgehead atoms. The van der Waals surface area contributed by atoms with Gasteiger partial charge >= 0.3 is 0 Å². The molecule has 2 amide bonds. The molecule has 28 heavy (non-hydrogen) atoms. The minimum Gasteiger partial charge on any atom is -0.484 e. The largest absolute Gasteiger partial charge is 0.484 e. The Morgan fingerprint density at radius 2 is 2.07 bits per heavy atom. The second kappa shape index (κ2) is 6.48. The summed E-state index contributed by atoms with van der Waals surface area (Å²) < 4.78 is 23.8. The highest BCUT2D eigenvalue weighted by atomic mass is 35.5. The van der Waals surface area contributed by atoms with E-state index in [0.717, 1.165) is 6.07 Å². The number of aromatic nitrogens is 1. The van der Waals surface area contributed by atoms with E-state index in [1.165, 1.54) is 12.1 Å². The number of halogens is 2. The molecule has 0 unspecified atom stereocenters. The van der Waals surface area contributed by atoms with Crippen LogP contribution < -0.4 is 10.1 Å². The summed E-state index contributed by atoms with van der Waals surface area (Å²) in [4.78, 5) is 26.4. The lowest BCUT2D eigenvalue weighted by atomic mass is 9.43. The van der Waals surface area contributed by atoms with Gasteiger partial charge in [-0.05, 0) is 38.3 Å². The van der Waals surface area contributed by atoms with Crippen LogP contribution in [0.25, 0.3) is 0 Å². The standard InChI is InChI=1S/C19H19ClFN3O4/c1-11-5-15(28-23-11)17(26)24(2)19-8-18(9-19,10-19)22-16(25)7-27-12-3-4-13(20)14(21)6-12/h3-6H,7-10H2,1-2H3,(H,22,25). The molecule has 1 heterocycles. The predicted octanol–water partition coefficient (Wildman–Crippen LogP) is 2.72. The third-order valence-corrected chi connectivity index (χ3v) is 5.83. The van der Waals surface area contributed by atoms with Crippen LogP contribution in [0, 0.1) is 12.7 Å². The van der Waals surface area contributed by atoms with Crippen molar-refractivity contribution in [2.75, 3.05) is 13.7 Å². The van der Waals surface area contributed by atoms with E-state index in [9.17, 15) is 14.0 Å². The van der Waals surface area contributed by atoms with Gasteiger partial charge in [-0.2, -0.15) is 0 Å². The van der Waals surface area contributed by atoms with Gasteiger partial charge in [0.25, 0.3) is 11.8 Å². The Kier molecular flexibility index (Phi) is 4.33. The second-order valence-electron chi connectivity index (χ2n) is 7.64. The Hall–Kier alpha value is -2.61. The third kappa shape index (κ3) is 3.11. The molecule has 5 rings (SSSR count). The van der Waals surface area contributed by atoms with E-state index in [-0.39, 0.29) is 46.0 Å². The molecule has 0 radical (unpaired) electrons. The maximum atomic E-state index is 13.4. The number of rotatable bonds is 6. The number of nitrogens with zero attached hydrogens (tertiary/aromatic N) is 2. The van der Waals surface area contributed by atoms with E-state index in [2.05, 4.69) is 10.5 Å². The lowest BCUT2D eigenvalue weighted by Gasteiger charge is -2.72. The summed E-state index contributed by atoms with van der Waals surface area (Å²) in [6.07, 6.45) is 2.03. The van der Waals surface area contributed by atoms with Gasteiger partial charge in [0.15, 0.2) is 6.61 Å². The van der Waals surface area contributed by atoms with Crippen molar-refractivity contribution in [2.45, 2.75) is 37.3 Å². The van der Waals surface area contributed by atoms with Crippen molar-refractivity contribution in [3.05, 3.63) is 46.6 Å². The van der Waals surface area contributed by atoms with Gasteiger partial charge in [-0.1, -0.05) is 16.8 Å². The van der Waals surface area contributed by atoms with Crippen LogP contribution in [0.15, 0.2) is 28.8 Å². The molecule has 3 saturated carbocycles. The molecule has 148 valence electrons. The monoisotopic (exact) mass is 407 g/mol. The van der Waals surface area contributed by atoms with E-state index in [1.54, 1.807) is 24.9 Å². The molecule has 3 aliphatic carbocycles. The summed E-state index contributed by atoms with van der Waals surface area (Å²) in [5.41, 5.74) is 0.0848. The van der Waals surface area contributed by atoms with Crippen LogP contribution in [-0.4, -0.2) is 46.6 Å². The van der Waals surface area contributed by atoms with Crippen LogP contribution in [0.1, 0.15) is 35.5 Å². The maximum absolute atomic E-state index is 13.4. The first-order valence-electron chi connectivity index (χ1n) is 8.82. The molecule has 0 spiro atoms. The molecule has 9 heteroatoms. The maximum Gasteiger partial charge on any atom is 0.292 e.